The second-order valence-electron chi connectivity index (χ2n) is 10.8. The molecule has 0 spiro atoms. The Morgan fingerprint density at radius 2 is 1.81 bits per heavy atom. The fourth-order valence-electron chi connectivity index (χ4n) is 5.59. The minimum Gasteiger partial charge on any atom is -0.497 e. The van der Waals surface area contributed by atoms with Crippen molar-refractivity contribution >= 4 is 36.4 Å². The molecule has 8 heteroatoms. The van der Waals surface area contributed by atoms with Gasteiger partial charge < -0.3 is 19.0 Å². The molecule has 6 rings (SSSR count). The first-order chi connectivity index (χ1) is 20.9. The molecule has 2 unspecified atom stereocenters. The van der Waals surface area contributed by atoms with E-state index in [1.54, 1.807) is 18.3 Å². The number of ether oxygens (including phenoxy) is 1. The predicted octanol–water partition coefficient (Wildman–Crippen LogP) is 6.84. The summed E-state index contributed by atoms with van der Waals surface area (Å²) in [5.74, 6) is 0.647. The van der Waals surface area contributed by atoms with Gasteiger partial charge in [0, 0.05) is 36.0 Å². The number of rotatable bonds is 11. The molecule has 43 heavy (non-hydrogen) atoms. The Morgan fingerprint density at radius 3 is 2.60 bits per heavy atom. The third-order valence-electron chi connectivity index (χ3n) is 8.04. The van der Waals surface area contributed by atoms with Gasteiger partial charge in [-0.1, -0.05) is 48.5 Å². The first kappa shape index (κ1) is 28.5. The minimum absolute atomic E-state index is 0.166. The molecule has 0 saturated carbocycles. The first-order valence-electron chi connectivity index (χ1n) is 14.2. The van der Waals surface area contributed by atoms with Crippen LogP contribution in [0.2, 0.25) is 0 Å². The van der Waals surface area contributed by atoms with Gasteiger partial charge in [-0.2, -0.15) is 0 Å². The number of benzene rings is 4. The van der Waals surface area contributed by atoms with Crippen LogP contribution in [0, 0.1) is 0 Å². The monoisotopic (exact) mass is 589 g/mol. The lowest BCUT2D eigenvalue weighted by molar-refractivity contribution is -0.113. The van der Waals surface area contributed by atoms with Crippen LogP contribution in [0.3, 0.4) is 0 Å². The molecule has 1 aromatic heterocycles. The van der Waals surface area contributed by atoms with E-state index in [-0.39, 0.29) is 17.9 Å². The molecule has 1 aliphatic heterocycles. The highest BCUT2D eigenvalue weighted by atomic mass is 31.1. The van der Waals surface area contributed by atoms with Gasteiger partial charge in [0.25, 0.3) is 5.91 Å². The van der Waals surface area contributed by atoms with E-state index in [1.165, 1.54) is 0 Å². The summed E-state index contributed by atoms with van der Waals surface area (Å²) >= 11 is 0. The SMILES string of the molecule is COc1ccc2cc(-c3cn(-c4ccc5c(c4)CN(C(C=O)CCC(=O)P(C)Cc4ccccc4)C5=O)cn3)ccc2c1. The fraction of sp³-hybridized carbons (Fsp3) is 0.200. The van der Waals surface area contributed by atoms with Gasteiger partial charge in [-0.05, 0) is 85.5 Å². The zero-order valence-electron chi connectivity index (χ0n) is 24.1. The summed E-state index contributed by atoms with van der Waals surface area (Å²) in [6.45, 7) is 2.32. The Hall–Kier alpha value is -4.61. The third-order valence-corrected chi connectivity index (χ3v) is 9.96. The van der Waals surface area contributed by atoms with Crippen LogP contribution in [-0.4, -0.2) is 52.0 Å². The lowest BCUT2D eigenvalue weighted by Gasteiger charge is -2.23. The Morgan fingerprint density at radius 1 is 1.02 bits per heavy atom. The molecule has 4 aromatic carbocycles. The molecule has 7 nitrogen and oxygen atoms in total. The van der Waals surface area contributed by atoms with Gasteiger partial charge in [0.05, 0.1) is 25.2 Å². The van der Waals surface area contributed by atoms with E-state index in [2.05, 4.69) is 17.1 Å². The zero-order valence-corrected chi connectivity index (χ0v) is 25.0. The maximum Gasteiger partial charge on any atom is 0.255 e. The van der Waals surface area contributed by atoms with E-state index in [4.69, 9.17) is 4.74 Å². The second kappa shape index (κ2) is 12.3. The minimum atomic E-state index is -0.852. The molecule has 0 aliphatic carbocycles. The number of carbonyl (C=O) groups is 3. The van der Waals surface area contributed by atoms with Crippen LogP contribution in [0.25, 0.3) is 27.7 Å². The molecule has 0 saturated heterocycles. The number of carbonyl (C=O) groups excluding carboxylic acids is 3. The number of methoxy groups -OCH3 is 1. The van der Waals surface area contributed by atoms with E-state index in [0.29, 0.717) is 18.5 Å². The van der Waals surface area contributed by atoms with Crippen molar-refractivity contribution in [1.29, 1.82) is 0 Å². The standard InChI is InChI=1S/C35H32N3O4P/c1-42-31-13-10-25-16-27(9-8-26(25)18-31)33-20-37(23-36-33)29-11-14-32-28(17-29)19-38(35(32)41)30(21-39)12-15-34(40)43(2)22-24-6-4-3-5-7-24/h3-11,13-14,16-18,20-21,23,30H,12,15,19,22H2,1-2H3. The average Bonchev–Trinajstić information content (AvgIpc) is 3.66. The van der Waals surface area contributed by atoms with Crippen LogP contribution < -0.4 is 4.74 Å². The molecular formula is C35H32N3O4P. The van der Waals surface area contributed by atoms with Crippen molar-refractivity contribution < 1.29 is 19.1 Å². The first-order valence-corrected chi connectivity index (χ1v) is 16.2. The summed E-state index contributed by atoms with van der Waals surface area (Å²) in [5, 5.41) is 2.19. The highest BCUT2D eigenvalue weighted by Crippen LogP contribution is 2.38. The number of aldehydes is 1. The van der Waals surface area contributed by atoms with E-state index in [0.717, 1.165) is 57.0 Å². The van der Waals surface area contributed by atoms with Crippen molar-refractivity contribution in [3.05, 3.63) is 114 Å². The third kappa shape index (κ3) is 5.99. The summed E-state index contributed by atoms with van der Waals surface area (Å²) in [5.41, 5.74) is 5.48. The van der Waals surface area contributed by atoms with Gasteiger partial charge in [0.15, 0.2) is 5.52 Å². The lowest BCUT2D eigenvalue weighted by atomic mass is 10.1. The highest BCUT2D eigenvalue weighted by molar-refractivity contribution is 7.73. The average molecular weight is 590 g/mol. The Kier molecular flexibility index (Phi) is 8.17. The second-order valence-corrected chi connectivity index (χ2v) is 13.1. The van der Waals surface area contributed by atoms with Crippen molar-refractivity contribution in [2.75, 3.05) is 13.8 Å². The quantitative estimate of drug-likeness (QED) is 0.124. The molecule has 0 bridgehead atoms. The predicted molar refractivity (Wildman–Crippen MR) is 170 cm³/mol. The van der Waals surface area contributed by atoms with Gasteiger partial charge in [0.1, 0.15) is 12.0 Å². The number of hydrogen-bond donors (Lipinski definition) is 0. The molecule has 0 N–H and O–H groups in total. The number of nitrogens with zero attached hydrogens (tertiary/aromatic N) is 3. The van der Waals surface area contributed by atoms with Crippen LogP contribution >= 0.6 is 7.92 Å². The lowest BCUT2D eigenvalue weighted by Crippen LogP contribution is -2.37. The number of aromatic nitrogens is 2. The zero-order chi connectivity index (χ0) is 29.9. The maximum absolute atomic E-state index is 13.3. The van der Waals surface area contributed by atoms with E-state index < -0.39 is 14.0 Å². The molecule has 1 amide bonds. The van der Waals surface area contributed by atoms with Crippen molar-refractivity contribution in [2.24, 2.45) is 0 Å². The van der Waals surface area contributed by atoms with Crippen molar-refractivity contribution in [3.8, 4) is 22.7 Å². The summed E-state index contributed by atoms with van der Waals surface area (Å²) < 4.78 is 7.27. The van der Waals surface area contributed by atoms with Gasteiger partial charge in [-0.3, -0.25) is 9.59 Å². The summed E-state index contributed by atoms with van der Waals surface area (Å²) in [6.07, 6.45) is 5.88. The van der Waals surface area contributed by atoms with Crippen LogP contribution in [0.5, 0.6) is 5.75 Å². The Labute approximate surface area is 251 Å². The van der Waals surface area contributed by atoms with E-state index >= 15 is 0 Å². The number of fused-ring (bicyclic) bond motifs is 2. The summed E-state index contributed by atoms with van der Waals surface area (Å²) in [4.78, 5) is 44.4. The smallest absolute Gasteiger partial charge is 0.255 e. The highest BCUT2D eigenvalue weighted by Gasteiger charge is 2.33. The number of hydrogen-bond acceptors (Lipinski definition) is 5. The van der Waals surface area contributed by atoms with Gasteiger partial charge >= 0.3 is 0 Å². The topological polar surface area (TPSA) is 81.5 Å². The molecule has 216 valence electrons. The molecule has 5 aromatic rings. The molecular weight excluding hydrogens is 557 g/mol. The summed E-state index contributed by atoms with van der Waals surface area (Å²) in [6, 6.07) is 27.2. The Balaban J connectivity index is 1.13. The van der Waals surface area contributed by atoms with Crippen molar-refractivity contribution in [2.45, 2.75) is 31.6 Å². The largest absolute Gasteiger partial charge is 0.497 e. The molecule has 2 atom stereocenters. The molecule has 2 heterocycles. The number of amides is 1. The Bertz CT molecular complexity index is 1820. The van der Waals surface area contributed by atoms with Crippen LogP contribution in [0.1, 0.15) is 34.3 Å². The van der Waals surface area contributed by atoms with Crippen molar-refractivity contribution in [1.82, 2.24) is 14.5 Å². The van der Waals surface area contributed by atoms with Crippen LogP contribution in [-0.2, 0) is 22.3 Å². The van der Waals surface area contributed by atoms with Gasteiger partial charge in [0.2, 0.25) is 0 Å². The summed E-state index contributed by atoms with van der Waals surface area (Å²) in [7, 11) is 0.808. The maximum atomic E-state index is 13.3. The van der Waals surface area contributed by atoms with Crippen molar-refractivity contribution in [3.63, 3.8) is 0 Å². The normalized spacial score (nSPS) is 14.0. The van der Waals surface area contributed by atoms with Gasteiger partial charge in [-0.25, -0.2) is 4.98 Å². The van der Waals surface area contributed by atoms with Crippen LogP contribution in [0.15, 0.2) is 97.5 Å². The molecule has 1 aliphatic rings. The fourth-order valence-corrected chi connectivity index (χ4v) is 7.03. The van der Waals surface area contributed by atoms with E-state index in [9.17, 15) is 14.4 Å². The van der Waals surface area contributed by atoms with Gasteiger partial charge in [-0.15, -0.1) is 0 Å². The molecule has 0 radical (unpaired) electrons. The van der Waals surface area contributed by atoms with E-state index in [1.807, 2.05) is 90.2 Å². The molecule has 0 fully saturated rings. The van der Waals surface area contributed by atoms with Crippen LogP contribution in [0.4, 0.5) is 0 Å². The number of imidazole rings is 1.